The maximum atomic E-state index is 10.9. The second-order valence-electron chi connectivity index (χ2n) is 9.16. The van der Waals surface area contributed by atoms with Crippen LogP contribution >= 0.6 is 11.3 Å². The monoisotopic (exact) mass is 496 g/mol. The lowest BCUT2D eigenvalue weighted by atomic mass is 9.97. The Bertz CT molecular complexity index is 1250. The largest absolute Gasteiger partial charge is 0.506 e. The van der Waals surface area contributed by atoms with Gasteiger partial charge in [-0.2, -0.15) is 4.98 Å². The molecule has 0 radical (unpaired) electrons. The van der Waals surface area contributed by atoms with Gasteiger partial charge in [0.1, 0.15) is 30.0 Å². The molecule has 4 heterocycles. The van der Waals surface area contributed by atoms with Gasteiger partial charge in [-0.3, -0.25) is 0 Å². The number of nitrogens with one attached hydrogen (secondary N) is 1. The Morgan fingerprint density at radius 2 is 1.94 bits per heavy atom. The summed E-state index contributed by atoms with van der Waals surface area (Å²) in [5.74, 6) is 3.12. The summed E-state index contributed by atoms with van der Waals surface area (Å²) in [4.78, 5) is 25.4. The van der Waals surface area contributed by atoms with Crippen LogP contribution in [0.2, 0.25) is 0 Å². The zero-order chi connectivity index (χ0) is 23.8. The van der Waals surface area contributed by atoms with Crippen LogP contribution in [0.4, 0.5) is 16.6 Å². The van der Waals surface area contributed by atoms with Crippen LogP contribution in [0.25, 0.3) is 10.2 Å². The molecule has 1 saturated heterocycles. The van der Waals surface area contributed by atoms with E-state index in [-0.39, 0.29) is 6.10 Å². The maximum absolute atomic E-state index is 10.9. The number of aryl methyl sites for hydroxylation is 2. The number of benzene rings is 1. The van der Waals surface area contributed by atoms with Crippen LogP contribution in [0.5, 0.6) is 11.5 Å². The molecule has 2 aliphatic heterocycles. The van der Waals surface area contributed by atoms with Crippen molar-refractivity contribution in [1.82, 2.24) is 9.97 Å². The van der Waals surface area contributed by atoms with Crippen molar-refractivity contribution in [2.75, 3.05) is 36.5 Å². The fourth-order valence-electron chi connectivity index (χ4n) is 5.12. The van der Waals surface area contributed by atoms with Crippen LogP contribution < -0.4 is 19.7 Å². The molecule has 0 saturated carbocycles. The average Bonchev–Trinajstić information content (AvgIpc) is 3.26. The molecule has 1 aromatic carbocycles. The summed E-state index contributed by atoms with van der Waals surface area (Å²) >= 11 is 1.78. The third-order valence-electron chi connectivity index (χ3n) is 6.86. The number of rotatable bonds is 5. The van der Waals surface area contributed by atoms with Gasteiger partial charge in [0.25, 0.3) is 0 Å². The number of ether oxygens (including phenoxy) is 3. The third-order valence-corrected chi connectivity index (χ3v) is 8.05. The SMILES string of the molecule is O=C(O)OC1CCN(c2nc(NCc3ccc4c(c3)OCCO4)c3c4c(sc3n2)CCCC4)CC1. The third kappa shape index (κ3) is 4.54. The Labute approximate surface area is 207 Å². The first-order chi connectivity index (χ1) is 17.1. The highest BCUT2D eigenvalue weighted by atomic mass is 32.1. The van der Waals surface area contributed by atoms with E-state index in [1.165, 1.54) is 23.3 Å². The van der Waals surface area contributed by atoms with Gasteiger partial charge < -0.3 is 29.5 Å². The highest BCUT2D eigenvalue weighted by Crippen LogP contribution is 2.40. The lowest BCUT2D eigenvalue weighted by Gasteiger charge is -2.31. The molecule has 184 valence electrons. The van der Waals surface area contributed by atoms with Crippen molar-refractivity contribution >= 4 is 39.5 Å². The van der Waals surface area contributed by atoms with Gasteiger partial charge in [-0.05, 0) is 48.9 Å². The van der Waals surface area contributed by atoms with Crippen LogP contribution in [0.3, 0.4) is 0 Å². The zero-order valence-corrected chi connectivity index (χ0v) is 20.2. The van der Waals surface area contributed by atoms with E-state index in [1.807, 2.05) is 12.1 Å². The van der Waals surface area contributed by atoms with E-state index in [0.717, 1.165) is 45.9 Å². The average molecular weight is 497 g/mol. The number of hydrogen-bond donors (Lipinski definition) is 2. The van der Waals surface area contributed by atoms with Gasteiger partial charge in [0, 0.05) is 37.4 Å². The van der Waals surface area contributed by atoms with Crippen molar-refractivity contribution in [1.29, 1.82) is 0 Å². The minimum atomic E-state index is -1.21. The topological polar surface area (TPSA) is 106 Å². The highest BCUT2D eigenvalue weighted by molar-refractivity contribution is 7.19. The van der Waals surface area contributed by atoms with Crippen molar-refractivity contribution in [3.8, 4) is 11.5 Å². The number of aromatic nitrogens is 2. The van der Waals surface area contributed by atoms with E-state index in [0.29, 0.717) is 51.6 Å². The molecule has 1 fully saturated rings. The van der Waals surface area contributed by atoms with E-state index >= 15 is 0 Å². The minimum absolute atomic E-state index is 0.269. The van der Waals surface area contributed by atoms with Gasteiger partial charge in [0.05, 0.1) is 5.39 Å². The van der Waals surface area contributed by atoms with Crippen molar-refractivity contribution in [3.63, 3.8) is 0 Å². The second-order valence-corrected chi connectivity index (χ2v) is 10.2. The summed E-state index contributed by atoms with van der Waals surface area (Å²) in [5.41, 5.74) is 2.49. The first-order valence-corrected chi connectivity index (χ1v) is 13.0. The van der Waals surface area contributed by atoms with Crippen molar-refractivity contribution < 1.29 is 24.1 Å². The Morgan fingerprint density at radius 3 is 2.77 bits per heavy atom. The van der Waals surface area contributed by atoms with E-state index < -0.39 is 6.16 Å². The number of hydrogen-bond acceptors (Lipinski definition) is 9. The highest BCUT2D eigenvalue weighted by Gasteiger charge is 2.27. The van der Waals surface area contributed by atoms with Crippen molar-refractivity contribution in [3.05, 3.63) is 34.2 Å². The van der Waals surface area contributed by atoms with Crippen LogP contribution in [0.15, 0.2) is 18.2 Å². The summed E-state index contributed by atoms with van der Waals surface area (Å²) in [6, 6.07) is 6.04. The normalized spacial score (nSPS) is 17.8. The molecule has 0 amide bonds. The Kier molecular flexibility index (Phi) is 5.97. The molecule has 1 aliphatic carbocycles. The first-order valence-electron chi connectivity index (χ1n) is 12.2. The van der Waals surface area contributed by atoms with E-state index in [9.17, 15) is 4.79 Å². The van der Waals surface area contributed by atoms with Crippen molar-refractivity contribution in [2.45, 2.75) is 51.2 Å². The number of piperidine rings is 1. The van der Waals surface area contributed by atoms with E-state index in [4.69, 9.17) is 29.3 Å². The molecule has 6 rings (SSSR count). The van der Waals surface area contributed by atoms with Crippen LogP contribution in [0, 0.1) is 0 Å². The number of nitrogens with zero attached hydrogens (tertiary/aromatic N) is 3. The molecule has 9 nitrogen and oxygen atoms in total. The van der Waals surface area contributed by atoms with Gasteiger partial charge in [0.15, 0.2) is 11.5 Å². The van der Waals surface area contributed by atoms with Crippen molar-refractivity contribution in [2.24, 2.45) is 0 Å². The predicted molar refractivity (Wildman–Crippen MR) is 133 cm³/mol. The Morgan fingerprint density at radius 1 is 1.14 bits per heavy atom. The Balaban J connectivity index is 1.28. The van der Waals surface area contributed by atoms with Crippen LogP contribution in [0.1, 0.15) is 41.7 Å². The van der Waals surface area contributed by atoms with Gasteiger partial charge in [-0.25, -0.2) is 9.78 Å². The predicted octanol–water partition coefficient (Wildman–Crippen LogP) is 4.62. The van der Waals surface area contributed by atoms with E-state index in [2.05, 4.69) is 16.3 Å². The Hall–Kier alpha value is -3.27. The second kappa shape index (κ2) is 9.41. The number of thiophene rings is 1. The molecule has 2 N–H and O–H groups in total. The molecule has 3 aromatic rings. The molecule has 3 aliphatic rings. The number of fused-ring (bicyclic) bond motifs is 4. The first kappa shape index (κ1) is 22.2. The maximum Gasteiger partial charge on any atom is 0.506 e. The van der Waals surface area contributed by atoms with E-state index in [1.54, 1.807) is 11.3 Å². The fourth-order valence-corrected chi connectivity index (χ4v) is 6.37. The molecular weight excluding hydrogens is 468 g/mol. The zero-order valence-electron chi connectivity index (χ0n) is 19.4. The summed E-state index contributed by atoms with van der Waals surface area (Å²) in [7, 11) is 0. The summed E-state index contributed by atoms with van der Waals surface area (Å²) in [5, 5.41) is 13.7. The molecule has 0 unspecified atom stereocenters. The number of carboxylic acid groups (broad SMARTS) is 1. The summed E-state index contributed by atoms with van der Waals surface area (Å²) in [6.45, 7) is 3.08. The van der Waals surface area contributed by atoms with Crippen LogP contribution in [-0.2, 0) is 24.1 Å². The molecule has 35 heavy (non-hydrogen) atoms. The standard InChI is InChI=1S/C25H28N4O5S/c30-25(31)34-16-7-9-29(10-8-16)24-27-22(21-17-3-1-2-4-20(17)35-23(21)28-24)26-14-15-5-6-18-19(13-15)33-12-11-32-18/h5-6,13,16H,1-4,7-12,14H2,(H,30,31)(H,26,27,28). The number of carbonyl (C=O) groups is 1. The van der Waals surface area contributed by atoms with Gasteiger partial charge in [-0.1, -0.05) is 6.07 Å². The molecular formula is C25H28N4O5S. The lowest BCUT2D eigenvalue weighted by Crippen LogP contribution is -2.38. The molecule has 0 bridgehead atoms. The summed E-state index contributed by atoms with van der Waals surface area (Å²) in [6.07, 6.45) is 4.37. The molecule has 0 atom stereocenters. The quantitative estimate of drug-likeness (QED) is 0.490. The molecule has 10 heteroatoms. The van der Waals surface area contributed by atoms with Gasteiger partial charge in [0.2, 0.25) is 5.95 Å². The van der Waals surface area contributed by atoms with Gasteiger partial charge in [-0.15, -0.1) is 11.3 Å². The number of anilines is 2. The lowest BCUT2D eigenvalue weighted by molar-refractivity contribution is 0.0415. The fraction of sp³-hybridized carbons (Fsp3) is 0.480. The van der Waals surface area contributed by atoms with Gasteiger partial charge >= 0.3 is 6.16 Å². The van der Waals surface area contributed by atoms with Crippen LogP contribution in [-0.4, -0.2) is 53.6 Å². The smallest absolute Gasteiger partial charge is 0.486 e. The molecule has 0 spiro atoms. The molecule has 2 aromatic heterocycles. The summed E-state index contributed by atoms with van der Waals surface area (Å²) < 4.78 is 16.4. The minimum Gasteiger partial charge on any atom is -0.486 e.